The third-order valence-electron chi connectivity index (χ3n) is 3.51. The summed E-state index contributed by atoms with van der Waals surface area (Å²) in [5, 5.41) is -1.60. The molecule has 10 heteroatoms. The van der Waals surface area contributed by atoms with E-state index in [0.29, 0.717) is 0 Å². The minimum Gasteiger partial charge on any atom is -0.475 e. The number of ether oxygens (including phenoxy) is 2. The first-order valence-electron chi connectivity index (χ1n) is 7.20. The van der Waals surface area contributed by atoms with E-state index in [4.69, 9.17) is 15.2 Å². The van der Waals surface area contributed by atoms with Gasteiger partial charge in [0.15, 0.2) is 5.34 Å². The Morgan fingerprint density at radius 1 is 1.30 bits per heavy atom. The number of aromatic amines is 1. The molecule has 0 saturated carbocycles. The number of nitrogens with zero attached hydrogens (tertiary/aromatic N) is 1. The van der Waals surface area contributed by atoms with Crippen molar-refractivity contribution in [2.75, 3.05) is 18.9 Å². The summed E-state index contributed by atoms with van der Waals surface area (Å²) >= 11 is 0. The smallest absolute Gasteiger partial charge is 0.357 e. The van der Waals surface area contributed by atoms with Crippen LogP contribution >= 0.6 is 7.60 Å². The molecule has 0 bridgehead atoms. The molecule has 0 aromatic carbocycles. The fraction of sp³-hybridized carbons (Fsp3) is 0.692. The summed E-state index contributed by atoms with van der Waals surface area (Å²) < 4.78 is 22.8. The molecule has 9 nitrogen and oxygen atoms in total. The molecule has 1 heterocycles. The Morgan fingerprint density at radius 3 is 2.30 bits per heavy atom. The molecule has 0 unspecified atom stereocenters. The van der Waals surface area contributed by atoms with Crippen LogP contribution in [0.25, 0.3) is 0 Å². The fourth-order valence-corrected chi connectivity index (χ4v) is 4.24. The molecule has 132 valence electrons. The maximum Gasteiger partial charge on any atom is 0.357 e. The predicted octanol–water partition coefficient (Wildman–Crippen LogP) is 0.933. The number of hydrogen-bond donors (Lipinski definition) is 4. The van der Waals surface area contributed by atoms with E-state index in [9.17, 15) is 19.1 Å². The molecule has 0 atom stereocenters. The van der Waals surface area contributed by atoms with Gasteiger partial charge >= 0.3 is 7.60 Å². The van der Waals surface area contributed by atoms with Crippen LogP contribution in [-0.2, 0) is 9.30 Å². The Hall–Kier alpha value is -1.41. The van der Waals surface area contributed by atoms with Crippen LogP contribution < -0.4 is 16.0 Å². The standard InChI is InChI=1S/C13H24N3O6P/c1-8(2)13(9(3)4,23(18,19)20)22-6-5-21-11-7-10(17)15-12(14)16-11/h7-9H,5-6H2,1-4H3,(H2,18,19,20)(H3,14,15,16,17). The Bertz CT molecular complexity index is 616. The topological polar surface area (TPSA) is 148 Å². The number of nitrogens with two attached hydrogens (primary N) is 1. The van der Waals surface area contributed by atoms with E-state index in [2.05, 4.69) is 9.97 Å². The Morgan fingerprint density at radius 2 is 1.87 bits per heavy atom. The molecule has 0 fully saturated rings. The SMILES string of the molecule is CC(C)C(OCCOc1cc(=O)[nH]c(N)n1)(C(C)C)P(=O)(O)O. The maximum absolute atomic E-state index is 11.9. The van der Waals surface area contributed by atoms with Crippen LogP contribution in [0.15, 0.2) is 10.9 Å². The van der Waals surface area contributed by atoms with Gasteiger partial charge in [0.25, 0.3) is 5.56 Å². The molecule has 1 rings (SSSR count). The average molecular weight is 349 g/mol. The van der Waals surface area contributed by atoms with Gasteiger partial charge in [-0.3, -0.25) is 14.3 Å². The molecule has 5 N–H and O–H groups in total. The van der Waals surface area contributed by atoms with E-state index in [1.165, 1.54) is 0 Å². The van der Waals surface area contributed by atoms with Gasteiger partial charge in [-0.2, -0.15) is 4.98 Å². The van der Waals surface area contributed by atoms with Crippen molar-refractivity contribution in [1.82, 2.24) is 9.97 Å². The molecule has 1 aromatic rings. The first-order valence-corrected chi connectivity index (χ1v) is 8.81. The van der Waals surface area contributed by atoms with Crippen LogP contribution in [0.2, 0.25) is 0 Å². The average Bonchev–Trinajstić information content (AvgIpc) is 2.34. The molecule has 1 aromatic heterocycles. The summed E-state index contributed by atoms with van der Waals surface area (Å²) in [5.41, 5.74) is 4.93. The molecular weight excluding hydrogens is 325 g/mol. The van der Waals surface area contributed by atoms with E-state index in [0.717, 1.165) is 6.07 Å². The van der Waals surface area contributed by atoms with E-state index < -0.39 is 30.3 Å². The lowest BCUT2D eigenvalue weighted by Crippen LogP contribution is -2.44. The molecule has 0 aliphatic rings. The minimum absolute atomic E-state index is 0.0192. The van der Waals surface area contributed by atoms with Gasteiger partial charge in [-0.1, -0.05) is 27.7 Å². The second-order valence-corrected chi connectivity index (χ2v) is 7.56. The highest BCUT2D eigenvalue weighted by Gasteiger charge is 2.53. The number of nitrogen functional groups attached to an aromatic ring is 1. The van der Waals surface area contributed by atoms with Gasteiger partial charge in [0.2, 0.25) is 11.8 Å². The van der Waals surface area contributed by atoms with Crippen LogP contribution in [0, 0.1) is 11.8 Å². The monoisotopic (exact) mass is 349 g/mol. The zero-order valence-corrected chi connectivity index (χ0v) is 14.5. The third-order valence-corrected chi connectivity index (χ3v) is 5.59. The van der Waals surface area contributed by atoms with Crippen molar-refractivity contribution in [2.24, 2.45) is 11.8 Å². The summed E-state index contributed by atoms with van der Waals surface area (Å²) in [7, 11) is -4.52. The number of H-pyrrole nitrogens is 1. The second-order valence-electron chi connectivity index (χ2n) is 5.77. The quantitative estimate of drug-likeness (QED) is 0.400. The predicted molar refractivity (Wildman–Crippen MR) is 85.2 cm³/mol. The van der Waals surface area contributed by atoms with Crippen LogP contribution in [0.4, 0.5) is 5.95 Å². The number of aromatic nitrogens is 2. The van der Waals surface area contributed by atoms with Crippen molar-refractivity contribution in [3.63, 3.8) is 0 Å². The summed E-state index contributed by atoms with van der Waals surface area (Å²) in [6.45, 7) is 6.67. The summed E-state index contributed by atoms with van der Waals surface area (Å²) in [4.78, 5) is 36.7. The van der Waals surface area contributed by atoms with E-state index >= 15 is 0 Å². The van der Waals surface area contributed by atoms with E-state index in [-0.39, 0.29) is 25.0 Å². The van der Waals surface area contributed by atoms with Gasteiger partial charge in [0, 0.05) is 0 Å². The van der Waals surface area contributed by atoms with Crippen LogP contribution in [-0.4, -0.2) is 38.3 Å². The zero-order valence-electron chi connectivity index (χ0n) is 13.6. The largest absolute Gasteiger partial charge is 0.475 e. The van der Waals surface area contributed by atoms with Gasteiger partial charge in [-0.05, 0) is 11.8 Å². The van der Waals surface area contributed by atoms with E-state index in [1.54, 1.807) is 27.7 Å². The second kappa shape index (κ2) is 7.44. The van der Waals surface area contributed by atoms with Crippen molar-refractivity contribution in [3.8, 4) is 5.88 Å². The molecule has 0 radical (unpaired) electrons. The Balaban J connectivity index is 2.77. The number of nitrogens with one attached hydrogen (secondary N) is 1. The number of hydrogen-bond acceptors (Lipinski definition) is 6. The number of rotatable bonds is 8. The first-order chi connectivity index (χ1) is 10.5. The highest BCUT2D eigenvalue weighted by atomic mass is 31.2. The molecular formula is C13H24N3O6P. The van der Waals surface area contributed by atoms with Gasteiger partial charge in [-0.25, -0.2) is 0 Å². The lowest BCUT2D eigenvalue weighted by atomic mass is 9.95. The van der Waals surface area contributed by atoms with Gasteiger partial charge in [-0.15, -0.1) is 0 Å². The summed E-state index contributed by atoms with van der Waals surface area (Å²) in [6.07, 6.45) is 0. The first kappa shape index (κ1) is 19.6. The van der Waals surface area contributed by atoms with Gasteiger partial charge < -0.3 is 25.0 Å². The minimum atomic E-state index is -4.52. The van der Waals surface area contributed by atoms with E-state index in [1.807, 2.05) is 0 Å². The molecule has 23 heavy (non-hydrogen) atoms. The number of anilines is 1. The Kier molecular flexibility index (Phi) is 6.35. The summed E-state index contributed by atoms with van der Waals surface area (Å²) in [5.74, 6) is -0.874. The van der Waals surface area contributed by atoms with Crippen molar-refractivity contribution in [3.05, 3.63) is 16.4 Å². The van der Waals surface area contributed by atoms with Gasteiger partial charge in [0.05, 0.1) is 12.7 Å². The molecule has 0 amide bonds. The van der Waals surface area contributed by atoms with Crippen LogP contribution in [0.1, 0.15) is 27.7 Å². The molecule has 0 aliphatic carbocycles. The van der Waals surface area contributed by atoms with Crippen molar-refractivity contribution in [1.29, 1.82) is 0 Å². The Labute approximate surface area is 134 Å². The third kappa shape index (κ3) is 4.54. The molecule has 0 aliphatic heterocycles. The highest BCUT2D eigenvalue weighted by Crippen LogP contribution is 2.59. The van der Waals surface area contributed by atoms with Crippen LogP contribution in [0.3, 0.4) is 0 Å². The zero-order chi connectivity index (χ0) is 17.8. The molecule has 0 saturated heterocycles. The maximum atomic E-state index is 11.9. The lowest BCUT2D eigenvalue weighted by Gasteiger charge is -2.41. The van der Waals surface area contributed by atoms with Crippen LogP contribution in [0.5, 0.6) is 5.88 Å². The van der Waals surface area contributed by atoms with Crippen molar-refractivity contribution >= 4 is 13.5 Å². The normalized spacial score (nSPS) is 12.9. The highest BCUT2D eigenvalue weighted by molar-refractivity contribution is 7.53. The molecule has 0 spiro atoms. The lowest BCUT2D eigenvalue weighted by molar-refractivity contribution is -0.0701. The summed E-state index contributed by atoms with van der Waals surface area (Å²) in [6, 6.07) is 1.12. The van der Waals surface area contributed by atoms with Gasteiger partial charge in [0.1, 0.15) is 6.61 Å². The fourth-order valence-electron chi connectivity index (χ4n) is 2.64. The van der Waals surface area contributed by atoms with Crippen molar-refractivity contribution in [2.45, 2.75) is 33.0 Å². The van der Waals surface area contributed by atoms with Crippen molar-refractivity contribution < 1.29 is 23.8 Å².